The van der Waals surface area contributed by atoms with Crippen molar-refractivity contribution in [2.45, 2.75) is 23.4 Å². The molecule has 0 bridgehead atoms. The summed E-state index contributed by atoms with van der Waals surface area (Å²) in [5.41, 5.74) is -9.78. The molecule has 9 heteroatoms. The maximum Gasteiger partial charge on any atom is 0.353 e. The maximum atomic E-state index is 13.7. The van der Waals surface area contributed by atoms with E-state index in [0.717, 1.165) is 0 Å². The lowest BCUT2D eigenvalue weighted by Gasteiger charge is -2.33. The molecule has 2 nitrogen and oxygen atoms in total. The quantitative estimate of drug-likeness (QED) is 0.748. The van der Waals surface area contributed by atoms with Crippen LogP contribution in [0.25, 0.3) is 0 Å². The molecule has 0 aromatic heterocycles. The Kier molecular flexibility index (Phi) is 2.00. The van der Waals surface area contributed by atoms with Crippen LogP contribution in [-0.2, 0) is 11.5 Å². The molecule has 1 atom stereocenters. The Labute approximate surface area is 105 Å². The Bertz CT molecular complexity index is 667. The van der Waals surface area contributed by atoms with E-state index < -0.39 is 51.7 Å². The Morgan fingerprint density at radius 2 is 1.50 bits per heavy atom. The number of Topliss-reactive ketones (excluding diaryl/α,β-unsaturated/α-hetero) is 1. The van der Waals surface area contributed by atoms with Crippen molar-refractivity contribution in [1.29, 1.82) is 0 Å². The first kappa shape index (κ1) is 13.3. The summed E-state index contributed by atoms with van der Waals surface area (Å²) in [6.07, 6.45) is 0. The van der Waals surface area contributed by atoms with Crippen molar-refractivity contribution in [1.82, 2.24) is 0 Å². The fourth-order valence-electron chi connectivity index (χ4n) is 2.67. The van der Waals surface area contributed by atoms with Crippen molar-refractivity contribution in [3.63, 3.8) is 0 Å². The Morgan fingerprint density at radius 3 is 2.05 bits per heavy atom. The molecule has 0 amide bonds. The molecule has 0 heterocycles. The summed E-state index contributed by atoms with van der Waals surface area (Å²) >= 11 is 0. The van der Waals surface area contributed by atoms with Crippen molar-refractivity contribution in [2.24, 2.45) is 0 Å². The zero-order valence-electron chi connectivity index (χ0n) is 9.16. The molecule has 2 aliphatic rings. The number of carbonyl (C=O) groups excluding carboxylic acids is 1. The summed E-state index contributed by atoms with van der Waals surface area (Å²) in [5, 5.41) is 9.52. The van der Waals surface area contributed by atoms with E-state index in [4.69, 9.17) is 0 Å². The number of ketones is 1. The number of hydrogen-bond donors (Lipinski definition) is 1. The van der Waals surface area contributed by atoms with Gasteiger partial charge in [0.1, 0.15) is 5.82 Å². The summed E-state index contributed by atoms with van der Waals surface area (Å²) in [6, 6.07) is 0.373. The summed E-state index contributed by atoms with van der Waals surface area (Å²) in [7, 11) is 0. The molecule has 0 radical (unpaired) electrons. The lowest BCUT2D eigenvalue weighted by Crippen LogP contribution is -2.59. The van der Waals surface area contributed by atoms with Gasteiger partial charge in [0.25, 0.3) is 0 Å². The molecule has 0 spiro atoms. The van der Waals surface area contributed by atoms with Crippen LogP contribution in [0.4, 0.5) is 30.7 Å². The van der Waals surface area contributed by atoms with Crippen molar-refractivity contribution >= 4 is 5.78 Å². The van der Waals surface area contributed by atoms with E-state index in [2.05, 4.69) is 0 Å². The molecule has 0 aliphatic heterocycles. The highest BCUT2D eigenvalue weighted by molar-refractivity contribution is 6.09. The number of carbonyl (C=O) groups is 1. The van der Waals surface area contributed by atoms with Gasteiger partial charge in [0.05, 0.1) is 5.56 Å². The number of benzene rings is 1. The average molecular weight is 300 g/mol. The fourth-order valence-corrected chi connectivity index (χ4v) is 2.67. The van der Waals surface area contributed by atoms with Crippen LogP contribution in [0.2, 0.25) is 0 Å². The molecular formula is C11H3F7O2. The van der Waals surface area contributed by atoms with E-state index in [1.165, 1.54) is 0 Å². The van der Waals surface area contributed by atoms with Crippen LogP contribution in [0, 0.1) is 5.82 Å². The minimum absolute atomic E-state index is 0.161. The van der Waals surface area contributed by atoms with Gasteiger partial charge in [-0.1, -0.05) is 0 Å². The van der Waals surface area contributed by atoms with Gasteiger partial charge >= 0.3 is 17.8 Å². The van der Waals surface area contributed by atoms with Crippen LogP contribution in [-0.4, -0.2) is 22.7 Å². The number of rotatable bonds is 0. The van der Waals surface area contributed by atoms with Gasteiger partial charge < -0.3 is 5.11 Å². The van der Waals surface area contributed by atoms with Crippen molar-refractivity contribution in [3.8, 4) is 0 Å². The summed E-state index contributed by atoms with van der Waals surface area (Å²) in [5.74, 6) is -20.2. The lowest BCUT2D eigenvalue weighted by atomic mass is 9.91. The third kappa shape index (κ3) is 0.932. The summed E-state index contributed by atoms with van der Waals surface area (Å²) in [6.45, 7) is 0. The van der Waals surface area contributed by atoms with Gasteiger partial charge in [-0.15, -0.1) is 0 Å². The van der Waals surface area contributed by atoms with Gasteiger partial charge in [0, 0.05) is 11.1 Å². The number of hydrogen-bond acceptors (Lipinski definition) is 2. The normalized spacial score (nSPS) is 31.5. The van der Waals surface area contributed by atoms with Crippen LogP contribution in [0.1, 0.15) is 21.5 Å². The van der Waals surface area contributed by atoms with Crippen LogP contribution < -0.4 is 0 Å². The molecule has 1 aromatic rings. The lowest BCUT2D eigenvalue weighted by molar-refractivity contribution is -0.327. The molecule has 0 fully saturated rings. The van der Waals surface area contributed by atoms with Crippen LogP contribution in [0.3, 0.4) is 0 Å². The topological polar surface area (TPSA) is 37.3 Å². The molecule has 1 unspecified atom stereocenters. The van der Waals surface area contributed by atoms with Gasteiger partial charge in [-0.2, -0.15) is 26.3 Å². The van der Waals surface area contributed by atoms with E-state index >= 15 is 0 Å². The molecule has 108 valence electrons. The van der Waals surface area contributed by atoms with E-state index in [0.29, 0.717) is 0 Å². The largest absolute Gasteiger partial charge is 0.373 e. The smallest absolute Gasteiger partial charge is 0.353 e. The molecule has 0 saturated heterocycles. The molecule has 2 aliphatic carbocycles. The summed E-state index contributed by atoms with van der Waals surface area (Å²) < 4.78 is 95.1. The minimum atomic E-state index is -5.65. The third-order valence-corrected chi connectivity index (χ3v) is 3.67. The first-order chi connectivity index (χ1) is 8.92. The average Bonchev–Trinajstić information content (AvgIpc) is 2.56. The summed E-state index contributed by atoms with van der Waals surface area (Å²) in [4.78, 5) is 11.3. The van der Waals surface area contributed by atoms with E-state index in [-0.39, 0.29) is 12.1 Å². The zero-order valence-corrected chi connectivity index (χ0v) is 9.16. The van der Waals surface area contributed by atoms with Crippen molar-refractivity contribution in [2.75, 3.05) is 0 Å². The standard InChI is InChI=1S/C11H3F7O2/c12-4-2-1-3-6-5(4)7(19)10(15,16)8(6,20)11(17,18)9(3,13)14/h1-2,20H. The Balaban J connectivity index is 2.55. The number of aliphatic hydroxyl groups is 1. The van der Waals surface area contributed by atoms with Crippen LogP contribution in [0.5, 0.6) is 0 Å². The second-order valence-electron chi connectivity index (χ2n) is 4.61. The number of halogens is 7. The molecule has 20 heavy (non-hydrogen) atoms. The monoisotopic (exact) mass is 300 g/mol. The maximum absolute atomic E-state index is 13.7. The van der Waals surface area contributed by atoms with Crippen LogP contribution in [0.15, 0.2) is 12.1 Å². The number of alkyl halides is 6. The minimum Gasteiger partial charge on any atom is -0.373 e. The zero-order chi connectivity index (χ0) is 15.3. The highest BCUT2D eigenvalue weighted by Gasteiger charge is 2.88. The van der Waals surface area contributed by atoms with Crippen molar-refractivity contribution < 1.29 is 40.6 Å². The molecular weight excluding hydrogens is 297 g/mol. The highest BCUT2D eigenvalue weighted by Crippen LogP contribution is 2.68. The second-order valence-corrected chi connectivity index (χ2v) is 4.61. The van der Waals surface area contributed by atoms with Crippen LogP contribution >= 0.6 is 0 Å². The van der Waals surface area contributed by atoms with Gasteiger partial charge in [0.2, 0.25) is 11.4 Å². The Morgan fingerprint density at radius 1 is 0.950 bits per heavy atom. The van der Waals surface area contributed by atoms with Gasteiger partial charge in [-0.25, -0.2) is 4.39 Å². The molecule has 0 saturated carbocycles. The molecule has 1 aromatic carbocycles. The SMILES string of the molecule is O=C1c2c(F)ccc3c2C(O)(C1(F)F)C(F)(F)C3(F)F. The van der Waals surface area contributed by atoms with Crippen molar-refractivity contribution in [3.05, 3.63) is 34.6 Å². The second kappa shape index (κ2) is 3.00. The van der Waals surface area contributed by atoms with Gasteiger partial charge in [-0.3, -0.25) is 4.79 Å². The van der Waals surface area contributed by atoms with Gasteiger partial charge in [0.15, 0.2) is 0 Å². The van der Waals surface area contributed by atoms with Gasteiger partial charge in [-0.05, 0) is 12.1 Å². The van der Waals surface area contributed by atoms with E-state index in [1.54, 1.807) is 0 Å². The fraction of sp³-hybridized carbons (Fsp3) is 0.364. The molecule has 1 N–H and O–H groups in total. The Hall–Kier alpha value is -1.64. The molecule has 3 rings (SSSR count). The predicted molar refractivity (Wildman–Crippen MR) is 48.4 cm³/mol. The predicted octanol–water partition coefficient (Wildman–Crippen LogP) is 2.59. The highest BCUT2D eigenvalue weighted by atomic mass is 19.3. The third-order valence-electron chi connectivity index (χ3n) is 3.67. The first-order valence-electron chi connectivity index (χ1n) is 5.16. The van der Waals surface area contributed by atoms with E-state index in [1.807, 2.05) is 0 Å². The van der Waals surface area contributed by atoms with E-state index in [9.17, 15) is 40.6 Å². The first-order valence-corrected chi connectivity index (χ1v) is 5.16.